The van der Waals surface area contributed by atoms with Crippen molar-refractivity contribution in [1.29, 1.82) is 0 Å². The lowest BCUT2D eigenvalue weighted by Crippen LogP contribution is -2.20. The highest BCUT2D eigenvalue weighted by atomic mass is 16.4. The third-order valence-electron chi connectivity index (χ3n) is 2.69. The molecule has 7 nitrogen and oxygen atoms in total. The Balaban J connectivity index is 2.38. The molecule has 0 aliphatic heterocycles. The van der Waals surface area contributed by atoms with Gasteiger partial charge in [-0.2, -0.15) is 0 Å². The molecule has 0 spiro atoms. The van der Waals surface area contributed by atoms with Crippen LogP contribution in [0.15, 0.2) is 35.4 Å². The quantitative estimate of drug-likeness (QED) is 0.753. The van der Waals surface area contributed by atoms with Crippen molar-refractivity contribution in [3.05, 3.63) is 46.5 Å². The van der Waals surface area contributed by atoms with Gasteiger partial charge in [-0.15, -0.1) is 0 Å². The van der Waals surface area contributed by atoms with Crippen molar-refractivity contribution in [2.75, 3.05) is 17.7 Å². The minimum Gasteiger partial charge on any atom is -0.478 e. The minimum atomic E-state index is -0.997. The molecule has 0 saturated heterocycles. The molecule has 1 aromatic heterocycles. The fourth-order valence-corrected chi connectivity index (χ4v) is 1.62. The standard InChI is InChI=1S/C12H12N4O3/c1-16(10-9(13)11(17)15-6-14-10)8-4-2-7(3-5-8)12(18)19/h2-6H,13H2,1H3,(H,18,19)(H,14,15,17). The first kappa shape index (κ1) is 12.6. The van der Waals surface area contributed by atoms with Crippen LogP contribution in [0.3, 0.4) is 0 Å². The van der Waals surface area contributed by atoms with Crippen molar-refractivity contribution in [2.24, 2.45) is 0 Å². The smallest absolute Gasteiger partial charge is 0.335 e. The lowest BCUT2D eigenvalue weighted by molar-refractivity contribution is 0.0697. The molecule has 98 valence electrons. The SMILES string of the molecule is CN(c1ccc(C(=O)O)cc1)c1nc[nH]c(=O)c1N. The van der Waals surface area contributed by atoms with Crippen LogP contribution in [0, 0.1) is 0 Å². The molecule has 0 fully saturated rings. The monoisotopic (exact) mass is 260 g/mol. The van der Waals surface area contributed by atoms with E-state index >= 15 is 0 Å². The van der Waals surface area contributed by atoms with Crippen LogP contribution in [-0.2, 0) is 0 Å². The van der Waals surface area contributed by atoms with Crippen molar-refractivity contribution in [3.63, 3.8) is 0 Å². The Hall–Kier alpha value is -2.83. The maximum absolute atomic E-state index is 11.4. The van der Waals surface area contributed by atoms with Gasteiger partial charge in [-0.05, 0) is 24.3 Å². The predicted molar refractivity (Wildman–Crippen MR) is 70.7 cm³/mol. The molecule has 4 N–H and O–H groups in total. The van der Waals surface area contributed by atoms with Gasteiger partial charge >= 0.3 is 5.97 Å². The molecular weight excluding hydrogens is 248 g/mol. The van der Waals surface area contributed by atoms with Gasteiger partial charge in [0.25, 0.3) is 5.56 Å². The van der Waals surface area contributed by atoms with Crippen LogP contribution in [0.1, 0.15) is 10.4 Å². The normalized spacial score (nSPS) is 10.2. The van der Waals surface area contributed by atoms with Gasteiger partial charge in [-0.1, -0.05) is 0 Å². The Kier molecular flexibility index (Phi) is 3.19. The second-order valence-corrected chi connectivity index (χ2v) is 3.88. The van der Waals surface area contributed by atoms with Crippen LogP contribution in [-0.4, -0.2) is 28.1 Å². The van der Waals surface area contributed by atoms with E-state index in [0.717, 1.165) is 0 Å². The fraction of sp³-hybridized carbons (Fsp3) is 0.0833. The number of anilines is 3. The van der Waals surface area contributed by atoms with Gasteiger partial charge in [0, 0.05) is 12.7 Å². The van der Waals surface area contributed by atoms with Crippen LogP contribution >= 0.6 is 0 Å². The average Bonchev–Trinajstić information content (AvgIpc) is 2.41. The number of aromatic amines is 1. The van der Waals surface area contributed by atoms with E-state index in [1.54, 1.807) is 24.1 Å². The molecule has 0 bridgehead atoms. The molecule has 0 radical (unpaired) electrons. The molecule has 0 unspecified atom stereocenters. The lowest BCUT2D eigenvalue weighted by atomic mass is 10.2. The van der Waals surface area contributed by atoms with Crippen LogP contribution in [0.2, 0.25) is 0 Å². The zero-order valence-electron chi connectivity index (χ0n) is 10.1. The number of nitrogens with two attached hydrogens (primary N) is 1. The summed E-state index contributed by atoms with van der Waals surface area (Å²) in [6.07, 6.45) is 1.26. The molecule has 0 atom stereocenters. The number of nitrogen functional groups attached to an aromatic ring is 1. The second-order valence-electron chi connectivity index (χ2n) is 3.88. The number of H-pyrrole nitrogens is 1. The largest absolute Gasteiger partial charge is 0.478 e. The summed E-state index contributed by atoms with van der Waals surface area (Å²) in [5.74, 6) is -0.685. The maximum Gasteiger partial charge on any atom is 0.335 e. The third kappa shape index (κ3) is 2.39. The topological polar surface area (TPSA) is 112 Å². The van der Waals surface area contributed by atoms with Crippen molar-refractivity contribution in [1.82, 2.24) is 9.97 Å². The van der Waals surface area contributed by atoms with E-state index < -0.39 is 11.5 Å². The fourth-order valence-electron chi connectivity index (χ4n) is 1.62. The highest BCUT2D eigenvalue weighted by Gasteiger charge is 2.12. The molecule has 0 amide bonds. The Morgan fingerprint density at radius 3 is 2.58 bits per heavy atom. The van der Waals surface area contributed by atoms with Crippen molar-refractivity contribution in [2.45, 2.75) is 0 Å². The van der Waals surface area contributed by atoms with E-state index in [1.165, 1.54) is 18.5 Å². The molecule has 1 heterocycles. The van der Waals surface area contributed by atoms with Crippen LogP contribution in [0.25, 0.3) is 0 Å². The van der Waals surface area contributed by atoms with Crippen LogP contribution < -0.4 is 16.2 Å². The number of hydrogen-bond donors (Lipinski definition) is 3. The summed E-state index contributed by atoms with van der Waals surface area (Å²) in [6, 6.07) is 6.17. The number of nitrogens with zero attached hydrogens (tertiary/aromatic N) is 2. The first-order valence-corrected chi connectivity index (χ1v) is 5.41. The summed E-state index contributed by atoms with van der Waals surface area (Å²) in [6.45, 7) is 0. The summed E-state index contributed by atoms with van der Waals surface area (Å²) >= 11 is 0. The Bertz CT molecular complexity index is 663. The number of carboxylic acid groups (broad SMARTS) is 1. The van der Waals surface area contributed by atoms with Crippen molar-refractivity contribution < 1.29 is 9.90 Å². The molecular formula is C12H12N4O3. The number of hydrogen-bond acceptors (Lipinski definition) is 5. The molecule has 2 rings (SSSR count). The number of rotatable bonds is 3. The van der Waals surface area contributed by atoms with Gasteiger partial charge in [0.05, 0.1) is 11.9 Å². The molecule has 2 aromatic rings. The van der Waals surface area contributed by atoms with Gasteiger partial charge in [0.15, 0.2) is 5.82 Å². The van der Waals surface area contributed by atoms with Crippen molar-refractivity contribution >= 4 is 23.2 Å². The summed E-state index contributed by atoms with van der Waals surface area (Å²) in [5.41, 5.74) is 6.11. The summed E-state index contributed by atoms with van der Waals surface area (Å²) < 4.78 is 0. The van der Waals surface area contributed by atoms with Gasteiger partial charge < -0.3 is 20.7 Å². The zero-order valence-corrected chi connectivity index (χ0v) is 10.1. The predicted octanol–water partition coefficient (Wildman–Crippen LogP) is 0.818. The number of carbonyl (C=O) groups is 1. The lowest BCUT2D eigenvalue weighted by Gasteiger charge is -2.19. The maximum atomic E-state index is 11.4. The number of aromatic nitrogens is 2. The Morgan fingerprint density at radius 1 is 1.37 bits per heavy atom. The second kappa shape index (κ2) is 4.81. The number of nitrogens with one attached hydrogen (secondary N) is 1. The van der Waals surface area contributed by atoms with Gasteiger partial charge in [0.2, 0.25) is 0 Å². The van der Waals surface area contributed by atoms with E-state index in [2.05, 4.69) is 9.97 Å². The highest BCUT2D eigenvalue weighted by molar-refractivity contribution is 5.88. The number of benzene rings is 1. The Morgan fingerprint density at radius 2 is 2.00 bits per heavy atom. The van der Waals surface area contributed by atoms with E-state index in [0.29, 0.717) is 11.5 Å². The molecule has 0 saturated carbocycles. The van der Waals surface area contributed by atoms with E-state index in [4.69, 9.17) is 10.8 Å². The van der Waals surface area contributed by atoms with Crippen molar-refractivity contribution in [3.8, 4) is 0 Å². The minimum absolute atomic E-state index is 0.00677. The molecule has 1 aromatic carbocycles. The number of carboxylic acids is 1. The zero-order chi connectivity index (χ0) is 14.0. The first-order chi connectivity index (χ1) is 9.00. The van der Waals surface area contributed by atoms with E-state index in [9.17, 15) is 9.59 Å². The average molecular weight is 260 g/mol. The summed E-state index contributed by atoms with van der Waals surface area (Å²) in [5, 5.41) is 8.82. The van der Waals surface area contributed by atoms with Gasteiger partial charge in [-0.3, -0.25) is 4.79 Å². The third-order valence-corrected chi connectivity index (χ3v) is 2.69. The summed E-state index contributed by atoms with van der Waals surface area (Å²) in [4.78, 5) is 30.1. The van der Waals surface area contributed by atoms with Crippen LogP contribution in [0.4, 0.5) is 17.2 Å². The molecule has 0 aliphatic rings. The number of aromatic carboxylic acids is 1. The summed E-state index contributed by atoms with van der Waals surface area (Å²) in [7, 11) is 1.69. The van der Waals surface area contributed by atoms with Gasteiger partial charge in [-0.25, -0.2) is 9.78 Å². The van der Waals surface area contributed by atoms with E-state index in [1.807, 2.05) is 0 Å². The first-order valence-electron chi connectivity index (χ1n) is 5.41. The highest BCUT2D eigenvalue weighted by Crippen LogP contribution is 2.24. The van der Waals surface area contributed by atoms with E-state index in [-0.39, 0.29) is 11.3 Å². The van der Waals surface area contributed by atoms with Gasteiger partial charge in [0.1, 0.15) is 5.69 Å². The molecule has 7 heteroatoms. The molecule has 19 heavy (non-hydrogen) atoms. The van der Waals surface area contributed by atoms with Crippen LogP contribution in [0.5, 0.6) is 0 Å². The Labute approximate surface area is 108 Å². The molecule has 0 aliphatic carbocycles.